The first-order chi connectivity index (χ1) is 15.4. The molecule has 0 aliphatic carbocycles. The fourth-order valence-corrected chi connectivity index (χ4v) is 2.99. The molecule has 32 heavy (non-hydrogen) atoms. The Labute approximate surface area is 180 Å². The largest absolute Gasteiger partial charge is 0.366 e. The van der Waals surface area contributed by atoms with Gasteiger partial charge in [0.05, 0.1) is 0 Å². The zero-order valence-electron chi connectivity index (χ0n) is 16.6. The molecule has 0 fully saturated rings. The highest BCUT2D eigenvalue weighted by molar-refractivity contribution is 6.02. The van der Waals surface area contributed by atoms with Gasteiger partial charge in [0.2, 0.25) is 23.5 Å². The molecule has 162 valence electrons. The van der Waals surface area contributed by atoms with Crippen molar-refractivity contribution < 1.29 is 23.3 Å². The van der Waals surface area contributed by atoms with Crippen LogP contribution in [0, 0.1) is 5.82 Å². The highest BCUT2D eigenvalue weighted by Crippen LogP contribution is 2.19. The lowest BCUT2D eigenvalue weighted by atomic mass is 10.1. The first-order valence-corrected chi connectivity index (χ1v) is 9.56. The summed E-state index contributed by atoms with van der Waals surface area (Å²) in [7, 11) is 0. The predicted octanol–water partition coefficient (Wildman–Crippen LogP) is 1.94. The minimum Gasteiger partial charge on any atom is -0.366 e. The highest BCUT2D eigenvalue weighted by Gasteiger charge is 2.26. The first-order valence-electron chi connectivity index (χ1n) is 9.56. The van der Waals surface area contributed by atoms with Crippen LogP contribution in [-0.2, 0) is 9.59 Å². The van der Waals surface area contributed by atoms with Crippen LogP contribution in [0.3, 0.4) is 0 Å². The maximum absolute atomic E-state index is 13.1. The van der Waals surface area contributed by atoms with Crippen LogP contribution in [0.25, 0.3) is 11.4 Å². The van der Waals surface area contributed by atoms with Gasteiger partial charge in [0, 0.05) is 29.7 Å². The third kappa shape index (κ3) is 4.67. The van der Waals surface area contributed by atoms with Crippen molar-refractivity contribution in [1.82, 2.24) is 15.1 Å². The Hall–Kier alpha value is -4.41. The zero-order valence-corrected chi connectivity index (χ0v) is 16.6. The summed E-state index contributed by atoms with van der Waals surface area (Å²) in [5, 5.41) is 11.7. The number of carbonyl (C=O) groups excluding carboxylic acids is 3. The van der Waals surface area contributed by atoms with Crippen molar-refractivity contribution in [3.63, 3.8) is 0 Å². The molecule has 11 heteroatoms. The highest BCUT2D eigenvalue weighted by atomic mass is 19.1. The number of hydrazone groups is 1. The molecule has 0 saturated heterocycles. The molecule has 10 nitrogen and oxygen atoms in total. The number of amides is 3. The first kappa shape index (κ1) is 20.8. The number of nitrogens with two attached hydrogens (primary N) is 1. The SMILES string of the molecule is NC(=O)c1ccc(NC(=O)CN2N=C(c3nc(-c4ccc(F)cc4)no3)CCC2=O)cc1. The fraction of sp³-hybridized carbons (Fsp3) is 0.143. The van der Waals surface area contributed by atoms with Gasteiger partial charge in [-0.3, -0.25) is 14.4 Å². The zero-order chi connectivity index (χ0) is 22.7. The molecule has 0 radical (unpaired) electrons. The second-order valence-corrected chi connectivity index (χ2v) is 6.92. The number of hydrogen-bond donors (Lipinski definition) is 2. The van der Waals surface area contributed by atoms with Crippen molar-refractivity contribution in [1.29, 1.82) is 0 Å². The maximum atomic E-state index is 13.1. The van der Waals surface area contributed by atoms with E-state index in [1.807, 2.05) is 0 Å². The van der Waals surface area contributed by atoms with E-state index in [2.05, 4.69) is 20.6 Å². The number of rotatable bonds is 6. The van der Waals surface area contributed by atoms with Crippen molar-refractivity contribution in [2.75, 3.05) is 11.9 Å². The summed E-state index contributed by atoms with van der Waals surface area (Å²) in [6.45, 7) is -0.321. The van der Waals surface area contributed by atoms with Gasteiger partial charge < -0.3 is 15.6 Å². The lowest BCUT2D eigenvalue weighted by molar-refractivity contribution is -0.135. The van der Waals surface area contributed by atoms with Gasteiger partial charge in [-0.15, -0.1) is 0 Å². The van der Waals surface area contributed by atoms with Crippen LogP contribution in [0.1, 0.15) is 29.1 Å². The van der Waals surface area contributed by atoms with Crippen molar-refractivity contribution in [2.45, 2.75) is 12.8 Å². The number of primary amides is 1. The molecule has 1 aliphatic rings. The number of halogens is 1. The number of benzene rings is 2. The monoisotopic (exact) mass is 436 g/mol. The van der Waals surface area contributed by atoms with Crippen LogP contribution in [0.15, 0.2) is 58.2 Å². The van der Waals surface area contributed by atoms with E-state index in [1.54, 1.807) is 0 Å². The fourth-order valence-electron chi connectivity index (χ4n) is 2.99. The number of aromatic nitrogens is 2. The Morgan fingerprint density at radius 1 is 1.09 bits per heavy atom. The Bertz CT molecular complexity index is 1200. The van der Waals surface area contributed by atoms with Crippen LogP contribution in [0.5, 0.6) is 0 Å². The van der Waals surface area contributed by atoms with Crippen molar-refractivity contribution in [3.05, 3.63) is 65.8 Å². The third-order valence-corrected chi connectivity index (χ3v) is 4.63. The lowest BCUT2D eigenvalue weighted by Crippen LogP contribution is -2.38. The lowest BCUT2D eigenvalue weighted by Gasteiger charge is -2.21. The number of carbonyl (C=O) groups is 3. The van der Waals surface area contributed by atoms with Gasteiger partial charge in [-0.05, 0) is 48.5 Å². The Balaban J connectivity index is 1.45. The smallest absolute Gasteiger partial charge is 0.274 e. The van der Waals surface area contributed by atoms with Crippen molar-refractivity contribution >= 4 is 29.1 Å². The van der Waals surface area contributed by atoms with Crippen molar-refractivity contribution in [2.24, 2.45) is 10.8 Å². The van der Waals surface area contributed by atoms with E-state index >= 15 is 0 Å². The second kappa shape index (κ2) is 8.76. The summed E-state index contributed by atoms with van der Waals surface area (Å²) in [6.07, 6.45) is 0.393. The van der Waals surface area contributed by atoms with E-state index in [0.29, 0.717) is 22.5 Å². The van der Waals surface area contributed by atoms with Crippen LogP contribution in [0.4, 0.5) is 10.1 Å². The van der Waals surface area contributed by atoms with Gasteiger partial charge in [0.1, 0.15) is 18.1 Å². The van der Waals surface area contributed by atoms with Crippen LogP contribution in [0.2, 0.25) is 0 Å². The van der Waals surface area contributed by atoms with Crippen molar-refractivity contribution in [3.8, 4) is 11.4 Å². The molecule has 0 atom stereocenters. The normalized spacial score (nSPS) is 13.6. The van der Waals surface area contributed by atoms with E-state index in [9.17, 15) is 18.8 Å². The van der Waals surface area contributed by atoms with Gasteiger partial charge in [-0.2, -0.15) is 10.1 Å². The predicted molar refractivity (Wildman–Crippen MR) is 111 cm³/mol. The molecular weight excluding hydrogens is 419 g/mol. The molecule has 3 N–H and O–H groups in total. The average molecular weight is 436 g/mol. The summed E-state index contributed by atoms with van der Waals surface area (Å²) in [5.74, 6) is -1.40. The van der Waals surface area contributed by atoms with Crippen LogP contribution < -0.4 is 11.1 Å². The van der Waals surface area contributed by atoms with Gasteiger partial charge in [0.15, 0.2) is 0 Å². The molecular formula is C21H17FN6O4. The van der Waals surface area contributed by atoms with Gasteiger partial charge in [-0.25, -0.2) is 9.40 Å². The van der Waals surface area contributed by atoms with E-state index in [1.165, 1.54) is 48.5 Å². The molecule has 0 saturated carbocycles. The number of hydrogen-bond acceptors (Lipinski definition) is 7. The molecule has 0 spiro atoms. The molecule has 3 aromatic rings. The van der Waals surface area contributed by atoms with E-state index < -0.39 is 11.8 Å². The molecule has 1 aromatic heterocycles. The van der Waals surface area contributed by atoms with Gasteiger partial charge in [-0.1, -0.05) is 5.16 Å². The topological polar surface area (TPSA) is 144 Å². The molecule has 2 aromatic carbocycles. The summed E-state index contributed by atoms with van der Waals surface area (Å²) in [4.78, 5) is 40.0. The second-order valence-electron chi connectivity index (χ2n) is 6.92. The van der Waals surface area contributed by atoms with Crippen LogP contribution >= 0.6 is 0 Å². The number of nitrogens with zero attached hydrogens (tertiary/aromatic N) is 4. The van der Waals surface area contributed by atoms with E-state index in [4.69, 9.17) is 10.3 Å². The number of anilines is 1. The van der Waals surface area contributed by atoms with Gasteiger partial charge >= 0.3 is 0 Å². The minimum absolute atomic E-state index is 0.115. The minimum atomic E-state index is -0.577. The Morgan fingerprint density at radius 2 is 1.81 bits per heavy atom. The standard InChI is InChI=1S/C21H17FN6O4/c22-14-5-1-13(2-6-14)20-25-21(32-27-20)16-9-10-18(30)28(26-16)11-17(29)24-15-7-3-12(4-8-15)19(23)31/h1-8H,9-11H2,(H2,23,31)(H,24,29). The average Bonchev–Trinajstić information content (AvgIpc) is 3.26. The molecule has 3 amide bonds. The maximum Gasteiger partial charge on any atom is 0.274 e. The third-order valence-electron chi connectivity index (χ3n) is 4.63. The van der Waals surface area contributed by atoms with E-state index in [-0.39, 0.29) is 42.8 Å². The summed E-state index contributed by atoms with van der Waals surface area (Å²) in [5.41, 5.74) is 6.86. The molecule has 2 heterocycles. The summed E-state index contributed by atoms with van der Waals surface area (Å²) >= 11 is 0. The summed E-state index contributed by atoms with van der Waals surface area (Å²) in [6, 6.07) is 11.6. The van der Waals surface area contributed by atoms with Crippen LogP contribution in [-0.4, -0.2) is 45.1 Å². The number of nitrogens with one attached hydrogen (secondary N) is 1. The van der Waals surface area contributed by atoms with Gasteiger partial charge in [0.25, 0.3) is 5.89 Å². The molecule has 0 bridgehead atoms. The Kier molecular flexibility index (Phi) is 5.71. The van der Waals surface area contributed by atoms with E-state index in [0.717, 1.165) is 5.01 Å². The molecule has 4 rings (SSSR count). The summed E-state index contributed by atoms with van der Waals surface area (Å²) < 4.78 is 18.3. The quantitative estimate of drug-likeness (QED) is 0.604. The molecule has 0 unspecified atom stereocenters. The Morgan fingerprint density at radius 3 is 2.50 bits per heavy atom. The molecule has 1 aliphatic heterocycles.